The first kappa shape index (κ1) is 16.9. The van der Waals surface area contributed by atoms with E-state index >= 15 is 0 Å². The monoisotopic (exact) mass is 256 g/mol. The van der Waals surface area contributed by atoms with Crippen LogP contribution in [0.4, 0.5) is 0 Å². The number of nitrogens with one attached hydrogen (secondary N) is 1. The number of nitrogens with zero attached hydrogens (tertiary/aromatic N) is 1. The largest absolute Gasteiger partial charge is 0.344 e. The molecule has 4 heteroatoms. The minimum Gasteiger partial charge on any atom is -0.344 e. The first-order valence-corrected chi connectivity index (χ1v) is 6.82. The van der Waals surface area contributed by atoms with E-state index in [1.54, 1.807) is 11.9 Å². The van der Waals surface area contributed by atoms with E-state index in [0.29, 0.717) is 31.2 Å². The van der Waals surface area contributed by atoms with Gasteiger partial charge in [0.25, 0.3) is 0 Å². The van der Waals surface area contributed by atoms with Crippen LogP contribution in [-0.4, -0.2) is 36.3 Å². The van der Waals surface area contributed by atoms with E-state index in [-0.39, 0.29) is 17.9 Å². The van der Waals surface area contributed by atoms with Gasteiger partial charge in [-0.3, -0.25) is 9.59 Å². The maximum atomic E-state index is 12.1. The van der Waals surface area contributed by atoms with Crippen LogP contribution in [0.3, 0.4) is 0 Å². The Morgan fingerprint density at radius 3 is 2.06 bits per heavy atom. The molecule has 106 valence electrons. The summed E-state index contributed by atoms with van der Waals surface area (Å²) in [4.78, 5) is 25.6. The lowest BCUT2D eigenvalue weighted by Gasteiger charge is -2.25. The summed E-state index contributed by atoms with van der Waals surface area (Å²) in [5, 5.41) is 2.86. The Bertz CT molecular complexity index is 275. The third-order valence-corrected chi connectivity index (χ3v) is 2.78. The summed E-state index contributed by atoms with van der Waals surface area (Å²) in [6.45, 7) is 10.7. The Hall–Kier alpha value is -1.06. The molecule has 18 heavy (non-hydrogen) atoms. The molecular weight excluding hydrogens is 228 g/mol. The van der Waals surface area contributed by atoms with Gasteiger partial charge in [0.1, 0.15) is 6.04 Å². The molecule has 0 aliphatic rings. The summed E-state index contributed by atoms with van der Waals surface area (Å²) in [6.07, 6.45) is 1.16. The molecule has 0 spiro atoms. The molecule has 0 aliphatic carbocycles. The summed E-state index contributed by atoms with van der Waals surface area (Å²) in [7, 11) is 1.77. The van der Waals surface area contributed by atoms with Crippen molar-refractivity contribution in [1.29, 1.82) is 0 Å². The maximum Gasteiger partial charge on any atom is 0.244 e. The number of rotatable bonds is 7. The van der Waals surface area contributed by atoms with Crippen LogP contribution in [0.5, 0.6) is 0 Å². The topological polar surface area (TPSA) is 49.4 Å². The molecule has 0 saturated carbocycles. The third kappa shape index (κ3) is 6.62. The number of amides is 2. The van der Waals surface area contributed by atoms with Crippen LogP contribution in [-0.2, 0) is 9.59 Å². The van der Waals surface area contributed by atoms with Crippen LogP contribution >= 0.6 is 0 Å². The predicted molar refractivity (Wildman–Crippen MR) is 74.2 cm³/mol. The quantitative estimate of drug-likeness (QED) is 0.758. The van der Waals surface area contributed by atoms with Gasteiger partial charge in [0.2, 0.25) is 11.8 Å². The normalized spacial score (nSPS) is 12.7. The second-order valence-electron chi connectivity index (χ2n) is 5.70. The van der Waals surface area contributed by atoms with Crippen LogP contribution in [0, 0.1) is 11.8 Å². The molecule has 0 radical (unpaired) electrons. The van der Waals surface area contributed by atoms with Gasteiger partial charge < -0.3 is 10.2 Å². The summed E-state index contributed by atoms with van der Waals surface area (Å²) in [6, 6.07) is -0.388. The van der Waals surface area contributed by atoms with Crippen molar-refractivity contribution >= 4 is 11.8 Å². The van der Waals surface area contributed by atoms with Crippen LogP contribution in [0.25, 0.3) is 0 Å². The summed E-state index contributed by atoms with van der Waals surface area (Å²) >= 11 is 0. The molecule has 0 saturated heterocycles. The average Bonchev–Trinajstić information content (AvgIpc) is 2.24. The van der Waals surface area contributed by atoms with E-state index in [9.17, 15) is 9.59 Å². The van der Waals surface area contributed by atoms with E-state index in [1.165, 1.54) is 0 Å². The standard InChI is InChI=1S/C14H28N2O2/c1-7-16(6)14(18)12(8-10(2)3)15-13(17)9-11(4)5/h10-12H,7-9H2,1-6H3,(H,15,17). The molecule has 0 heterocycles. The molecule has 0 aromatic heterocycles. The number of hydrogen-bond acceptors (Lipinski definition) is 2. The summed E-state index contributed by atoms with van der Waals surface area (Å²) in [5.74, 6) is 0.657. The minimum atomic E-state index is -0.388. The van der Waals surface area contributed by atoms with Crippen LogP contribution in [0.2, 0.25) is 0 Å². The van der Waals surface area contributed by atoms with Gasteiger partial charge in [-0.05, 0) is 25.2 Å². The van der Waals surface area contributed by atoms with Gasteiger partial charge >= 0.3 is 0 Å². The van der Waals surface area contributed by atoms with Crippen molar-refractivity contribution in [2.24, 2.45) is 11.8 Å². The van der Waals surface area contributed by atoms with Crippen LogP contribution in [0.15, 0.2) is 0 Å². The molecule has 0 aromatic rings. The minimum absolute atomic E-state index is 0.00306. The van der Waals surface area contributed by atoms with Crippen LogP contribution in [0.1, 0.15) is 47.5 Å². The highest BCUT2D eigenvalue weighted by Crippen LogP contribution is 2.09. The van der Waals surface area contributed by atoms with Gasteiger partial charge in [0.05, 0.1) is 0 Å². The van der Waals surface area contributed by atoms with Gasteiger partial charge in [0.15, 0.2) is 0 Å². The zero-order chi connectivity index (χ0) is 14.3. The van der Waals surface area contributed by atoms with E-state index in [0.717, 1.165) is 0 Å². The van der Waals surface area contributed by atoms with E-state index in [4.69, 9.17) is 0 Å². The summed E-state index contributed by atoms with van der Waals surface area (Å²) < 4.78 is 0. The van der Waals surface area contributed by atoms with Gasteiger partial charge in [-0.15, -0.1) is 0 Å². The van der Waals surface area contributed by atoms with Crippen LogP contribution < -0.4 is 5.32 Å². The van der Waals surface area contributed by atoms with Gasteiger partial charge in [-0.2, -0.15) is 0 Å². The number of carbonyl (C=O) groups is 2. The lowest BCUT2D eigenvalue weighted by Crippen LogP contribution is -2.48. The molecule has 0 aromatic carbocycles. The third-order valence-electron chi connectivity index (χ3n) is 2.78. The number of hydrogen-bond donors (Lipinski definition) is 1. The lowest BCUT2D eigenvalue weighted by atomic mass is 10.0. The van der Waals surface area contributed by atoms with E-state index < -0.39 is 0 Å². The fourth-order valence-corrected chi connectivity index (χ4v) is 1.74. The van der Waals surface area contributed by atoms with Gasteiger partial charge in [0, 0.05) is 20.0 Å². The second kappa shape index (κ2) is 8.11. The molecule has 2 amide bonds. The molecule has 0 aliphatic heterocycles. The molecule has 0 rings (SSSR count). The van der Waals surface area contributed by atoms with Gasteiger partial charge in [-0.25, -0.2) is 0 Å². The lowest BCUT2D eigenvalue weighted by molar-refractivity contribution is -0.135. The zero-order valence-electron chi connectivity index (χ0n) is 12.6. The summed E-state index contributed by atoms with van der Waals surface area (Å²) in [5.41, 5.74) is 0. The Balaban J connectivity index is 4.58. The van der Waals surface area contributed by atoms with Crippen molar-refractivity contribution in [3.8, 4) is 0 Å². The molecule has 4 nitrogen and oxygen atoms in total. The Labute approximate surface area is 111 Å². The highest BCUT2D eigenvalue weighted by atomic mass is 16.2. The first-order chi connectivity index (χ1) is 8.27. The van der Waals surface area contributed by atoms with Crippen molar-refractivity contribution in [3.05, 3.63) is 0 Å². The zero-order valence-corrected chi connectivity index (χ0v) is 12.6. The van der Waals surface area contributed by atoms with Crippen molar-refractivity contribution in [1.82, 2.24) is 10.2 Å². The maximum absolute atomic E-state index is 12.1. The molecule has 1 N–H and O–H groups in total. The van der Waals surface area contributed by atoms with E-state index in [1.807, 2.05) is 20.8 Å². The van der Waals surface area contributed by atoms with Crippen molar-refractivity contribution in [2.75, 3.05) is 13.6 Å². The van der Waals surface area contributed by atoms with Crippen molar-refractivity contribution in [2.45, 2.75) is 53.5 Å². The first-order valence-electron chi connectivity index (χ1n) is 6.82. The molecular formula is C14H28N2O2. The van der Waals surface area contributed by atoms with E-state index in [2.05, 4.69) is 19.2 Å². The SMILES string of the molecule is CCN(C)C(=O)C(CC(C)C)NC(=O)CC(C)C. The number of likely N-dealkylation sites (N-methyl/N-ethyl adjacent to an activating group) is 1. The van der Waals surface area contributed by atoms with Crippen molar-refractivity contribution < 1.29 is 9.59 Å². The Morgan fingerprint density at radius 2 is 1.67 bits per heavy atom. The number of carbonyl (C=O) groups excluding carboxylic acids is 2. The van der Waals surface area contributed by atoms with Gasteiger partial charge in [-0.1, -0.05) is 27.7 Å². The molecule has 1 atom stereocenters. The molecule has 1 unspecified atom stereocenters. The Kier molecular flexibility index (Phi) is 7.64. The Morgan fingerprint density at radius 1 is 1.11 bits per heavy atom. The smallest absolute Gasteiger partial charge is 0.244 e. The molecule has 0 fully saturated rings. The predicted octanol–water partition coefficient (Wildman–Crippen LogP) is 2.04. The highest BCUT2D eigenvalue weighted by molar-refractivity contribution is 5.87. The fourth-order valence-electron chi connectivity index (χ4n) is 1.74. The average molecular weight is 256 g/mol. The molecule has 0 bridgehead atoms. The fraction of sp³-hybridized carbons (Fsp3) is 0.857. The van der Waals surface area contributed by atoms with Crippen molar-refractivity contribution in [3.63, 3.8) is 0 Å². The second-order valence-corrected chi connectivity index (χ2v) is 5.70. The highest BCUT2D eigenvalue weighted by Gasteiger charge is 2.24.